The molecule has 156 valence electrons. The summed E-state index contributed by atoms with van der Waals surface area (Å²) < 4.78 is 16.0. The van der Waals surface area contributed by atoms with E-state index < -0.39 is 0 Å². The van der Waals surface area contributed by atoms with Crippen LogP contribution in [0.4, 0.5) is 10.5 Å². The molecule has 29 heavy (non-hydrogen) atoms. The molecule has 2 rings (SSSR count). The molecule has 0 fully saturated rings. The molecule has 8 heteroatoms. The largest absolute Gasteiger partial charge is 0.493 e. The van der Waals surface area contributed by atoms with Gasteiger partial charge in [-0.05, 0) is 43.7 Å². The number of amides is 3. The minimum atomic E-state index is -0.370. The van der Waals surface area contributed by atoms with E-state index >= 15 is 0 Å². The highest BCUT2D eigenvalue weighted by atomic mass is 16.5. The lowest BCUT2D eigenvalue weighted by Crippen LogP contribution is -2.35. The monoisotopic (exact) mass is 401 g/mol. The van der Waals surface area contributed by atoms with Crippen molar-refractivity contribution in [3.63, 3.8) is 0 Å². The van der Waals surface area contributed by atoms with E-state index in [1.165, 1.54) is 21.3 Å². The molecule has 0 spiro atoms. The Balaban J connectivity index is 2.15. The molecular formula is C21H27N3O5. The van der Waals surface area contributed by atoms with Crippen LogP contribution in [0, 0.1) is 0 Å². The molecule has 3 N–H and O–H groups in total. The van der Waals surface area contributed by atoms with Crippen LogP contribution >= 0.6 is 0 Å². The molecule has 0 unspecified atom stereocenters. The second kappa shape index (κ2) is 10.2. The van der Waals surface area contributed by atoms with E-state index in [4.69, 9.17) is 14.2 Å². The van der Waals surface area contributed by atoms with Gasteiger partial charge < -0.3 is 30.2 Å². The van der Waals surface area contributed by atoms with Crippen molar-refractivity contribution >= 4 is 17.6 Å². The molecule has 0 heterocycles. The van der Waals surface area contributed by atoms with Crippen molar-refractivity contribution in [1.29, 1.82) is 0 Å². The predicted octanol–water partition coefficient (Wildman–Crippen LogP) is 3.17. The van der Waals surface area contributed by atoms with Crippen molar-refractivity contribution in [2.45, 2.75) is 26.4 Å². The maximum absolute atomic E-state index is 12.7. The van der Waals surface area contributed by atoms with Gasteiger partial charge in [0.1, 0.15) is 0 Å². The fraction of sp³-hybridized carbons (Fsp3) is 0.333. The lowest BCUT2D eigenvalue weighted by molar-refractivity contribution is 0.0951. The van der Waals surface area contributed by atoms with Crippen LogP contribution in [-0.4, -0.2) is 39.3 Å². The van der Waals surface area contributed by atoms with Crippen LogP contribution < -0.4 is 30.2 Å². The summed E-state index contributed by atoms with van der Waals surface area (Å²) in [6.45, 7) is 3.95. The van der Waals surface area contributed by atoms with Crippen LogP contribution in [0.2, 0.25) is 0 Å². The maximum Gasteiger partial charge on any atom is 0.319 e. The third kappa shape index (κ3) is 5.78. The van der Waals surface area contributed by atoms with Gasteiger partial charge in [0.2, 0.25) is 5.75 Å². The zero-order valence-corrected chi connectivity index (χ0v) is 17.3. The first-order valence-corrected chi connectivity index (χ1v) is 9.13. The number of carbonyl (C=O) groups is 2. The minimum absolute atomic E-state index is 0.0176. The minimum Gasteiger partial charge on any atom is -0.493 e. The van der Waals surface area contributed by atoms with Crippen LogP contribution in [0.25, 0.3) is 0 Å². The molecule has 3 amide bonds. The summed E-state index contributed by atoms with van der Waals surface area (Å²) in [6.07, 6.45) is 0. The van der Waals surface area contributed by atoms with E-state index in [2.05, 4.69) is 16.0 Å². The highest BCUT2D eigenvalue weighted by Crippen LogP contribution is 2.38. The summed E-state index contributed by atoms with van der Waals surface area (Å²) in [5, 5.41) is 8.28. The Bertz CT molecular complexity index is 842. The molecule has 2 aromatic carbocycles. The fourth-order valence-corrected chi connectivity index (χ4v) is 2.73. The number of hydrogen-bond acceptors (Lipinski definition) is 5. The third-order valence-corrected chi connectivity index (χ3v) is 4.02. The number of urea groups is 1. The van der Waals surface area contributed by atoms with Crippen LogP contribution in [0.15, 0.2) is 36.4 Å². The van der Waals surface area contributed by atoms with E-state index in [0.717, 1.165) is 5.56 Å². The molecule has 0 bridgehead atoms. The van der Waals surface area contributed by atoms with Crippen molar-refractivity contribution < 1.29 is 23.8 Å². The van der Waals surface area contributed by atoms with Crippen LogP contribution in [-0.2, 0) is 6.54 Å². The van der Waals surface area contributed by atoms with Gasteiger partial charge in [-0.3, -0.25) is 4.79 Å². The van der Waals surface area contributed by atoms with E-state index in [9.17, 15) is 9.59 Å². The van der Waals surface area contributed by atoms with Gasteiger partial charge in [0, 0.05) is 12.6 Å². The Morgan fingerprint density at radius 2 is 1.59 bits per heavy atom. The van der Waals surface area contributed by atoms with Gasteiger partial charge in [-0.15, -0.1) is 0 Å². The Kier molecular flexibility index (Phi) is 7.70. The number of ether oxygens (including phenoxy) is 3. The highest BCUT2D eigenvalue weighted by Gasteiger charge is 2.16. The molecule has 0 aliphatic heterocycles. The molecule has 0 aromatic heterocycles. The number of methoxy groups -OCH3 is 3. The number of rotatable bonds is 8. The quantitative estimate of drug-likeness (QED) is 0.631. The lowest BCUT2D eigenvalue weighted by atomic mass is 10.1. The lowest BCUT2D eigenvalue weighted by Gasteiger charge is -2.15. The van der Waals surface area contributed by atoms with Gasteiger partial charge in [0.25, 0.3) is 5.91 Å². The fourth-order valence-electron chi connectivity index (χ4n) is 2.73. The number of anilines is 1. The average molecular weight is 401 g/mol. The molecule has 2 aromatic rings. The molecule has 0 radical (unpaired) electrons. The number of nitrogens with one attached hydrogen (secondary N) is 3. The number of hydrogen-bond donors (Lipinski definition) is 3. The first-order valence-electron chi connectivity index (χ1n) is 9.13. The van der Waals surface area contributed by atoms with Crippen LogP contribution in [0.1, 0.15) is 29.8 Å². The molecule has 0 atom stereocenters. The number of carbonyl (C=O) groups excluding carboxylic acids is 2. The highest BCUT2D eigenvalue weighted by molar-refractivity contribution is 6.03. The van der Waals surface area contributed by atoms with Gasteiger partial charge in [0.05, 0.1) is 32.6 Å². The van der Waals surface area contributed by atoms with Crippen molar-refractivity contribution in [2.75, 3.05) is 26.6 Å². The van der Waals surface area contributed by atoms with Crippen molar-refractivity contribution in [2.24, 2.45) is 0 Å². The molecule has 0 saturated carbocycles. The standard InChI is InChI=1S/C21H27N3O5/c1-13(2)23-21(26)24-16-9-7-6-8-15(16)20(25)22-12-14-10-17(27-3)19(29-5)18(11-14)28-4/h6-11,13H,12H2,1-5H3,(H,22,25)(H2,23,24,26). The van der Waals surface area contributed by atoms with E-state index in [0.29, 0.717) is 28.5 Å². The van der Waals surface area contributed by atoms with Gasteiger partial charge in [0.15, 0.2) is 11.5 Å². The molecule has 8 nitrogen and oxygen atoms in total. The number of benzene rings is 2. The van der Waals surface area contributed by atoms with Crippen molar-refractivity contribution in [1.82, 2.24) is 10.6 Å². The molecule has 0 saturated heterocycles. The third-order valence-electron chi connectivity index (χ3n) is 4.02. The summed E-state index contributed by atoms with van der Waals surface area (Å²) >= 11 is 0. The first kappa shape index (κ1) is 21.9. The van der Waals surface area contributed by atoms with Gasteiger partial charge in [-0.25, -0.2) is 4.79 Å². The Morgan fingerprint density at radius 3 is 2.14 bits per heavy atom. The van der Waals surface area contributed by atoms with Crippen molar-refractivity contribution in [3.05, 3.63) is 47.5 Å². The maximum atomic E-state index is 12.7. The smallest absolute Gasteiger partial charge is 0.319 e. The Hall–Kier alpha value is -3.42. The summed E-state index contributed by atoms with van der Waals surface area (Å²) in [5.41, 5.74) is 1.56. The topological polar surface area (TPSA) is 97.9 Å². The molecular weight excluding hydrogens is 374 g/mol. The van der Waals surface area contributed by atoms with E-state index in [1.807, 2.05) is 13.8 Å². The van der Waals surface area contributed by atoms with Gasteiger partial charge in [-0.1, -0.05) is 12.1 Å². The normalized spacial score (nSPS) is 10.3. The summed E-state index contributed by atoms with van der Waals surface area (Å²) in [6, 6.07) is 9.95. The Morgan fingerprint density at radius 1 is 0.966 bits per heavy atom. The summed E-state index contributed by atoms with van der Waals surface area (Å²) in [5.74, 6) is 1.17. The second-order valence-corrected chi connectivity index (χ2v) is 6.52. The Labute approximate surface area is 170 Å². The zero-order chi connectivity index (χ0) is 21.4. The SMILES string of the molecule is COc1cc(CNC(=O)c2ccccc2NC(=O)NC(C)C)cc(OC)c1OC. The van der Waals surface area contributed by atoms with E-state index in [1.54, 1.807) is 36.4 Å². The van der Waals surface area contributed by atoms with Gasteiger partial charge in [-0.2, -0.15) is 0 Å². The molecule has 0 aliphatic rings. The summed E-state index contributed by atoms with van der Waals surface area (Å²) in [4.78, 5) is 24.7. The molecule has 0 aliphatic carbocycles. The first-order chi connectivity index (χ1) is 13.9. The van der Waals surface area contributed by atoms with Crippen molar-refractivity contribution in [3.8, 4) is 17.2 Å². The van der Waals surface area contributed by atoms with Crippen LogP contribution in [0.5, 0.6) is 17.2 Å². The predicted molar refractivity (Wildman–Crippen MR) is 111 cm³/mol. The van der Waals surface area contributed by atoms with Crippen LogP contribution in [0.3, 0.4) is 0 Å². The van der Waals surface area contributed by atoms with E-state index in [-0.39, 0.29) is 24.5 Å². The van der Waals surface area contributed by atoms with Gasteiger partial charge >= 0.3 is 6.03 Å². The summed E-state index contributed by atoms with van der Waals surface area (Å²) in [7, 11) is 4.59. The zero-order valence-electron chi connectivity index (χ0n) is 17.3. The number of para-hydroxylation sites is 1. The second-order valence-electron chi connectivity index (χ2n) is 6.52. The average Bonchev–Trinajstić information content (AvgIpc) is 2.70.